The topological polar surface area (TPSA) is 63.6 Å². The molecule has 0 aliphatic carbocycles. The molecule has 0 heterocycles. The highest BCUT2D eigenvalue weighted by Crippen LogP contribution is 2.13. The lowest BCUT2D eigenvalue weighted by Crippen LogP contribution is -2.19. The van der Waals surface area contributed by atoms with Gasteiger partial charge in [0.1, 0.15) is 12.2 Å². The van der Waals surface area contributed by atoms with Gasteiger partial charge in [-0.1, -0.05) is 50.1 Å². The van der Waals surface area contributed by atoms with E-state index in [4.69, 9.17) is 9.84 Å². The van der Waals surface area contributed by atoms with Crippen LogP contribution in [0.1, 0.15) is 44.6 Å². The summed E-state index contributed by atoms with van der Waals surface area (Å²) >= 11 is 0. The van der Waals surface area contributed by atoms with E-state index in [1.54, 1.807) is 0 Å². The zero-order valence-corrected chi connectivity index (χ0v) is 11.9. The number of unbranched alkanes of at least 4 members (excludes halogenated alkanes) is 1. The molecule has 0 saturated heterocycles. The smallest absolute Gasteiger partial charge is 0.310 e. The Balaban J connectivity index is 2.46. The average molecular weight is 278 g/mol. The van der Waals surface area contributed by atoms with Crippen molar-refractivity contribution in [3.63, 3.8) is 0 Å². The molecule has 1 unspecified atom stereocenters. The molecule has 1 aromatic carbocycles. The normalized spacial score (nSPS) is 12.1. The van der Waals surface area contributed by atoms with Gasteiger partial charge in [-0.15, -0.1) is 0 Å². The number of ketones is 1. The maximum Gasteiger partial charge on any atom is 0.310 e. The van der Waals surface area contributed by atoms with Crippen LogP contribution in [0.15, 0.2) is 30.3 Å². The van der Waals surface area contributed by atoms with Crippen molar-refractivity contribution in [2.45, 2.75) is 51.7 Å². The van der Waals surface area contributed by atoms with Crippen molar-refractivity contribution in [1.82, 2.24) is 0 Å². The molecule has 20 heavy (non-hydrogen) atoms. The first-order chi connectivity index (χ1) is 9.61. The maximum atomic E-state index is 11.6. The zero-order chi connectivity index (χ0) is 14.8. The first-order valence-corrected chi connectivity index (χ1v) is 7.00. The van der Waals surface area contributed by atoms with E-state index < -0.39 is 12.4 Å². The van der Waals surface area contributed by atoms with Crippen molar-refractivity contribution in [1.29, 1.82) is 0 Å². The van der Waals surface area contributed by atoms with Crippen LogP contribution in [0.3, 0.4) is 0 Å². The van der Waals surface area contributed by atoms with Crippen molar-refractivity contribution in [3.05, 3.63) is 35.9 Å². The van der Waals surface area contributed by atoms with Gasteiger partial charge in [-0.3, -0.25) is 9.59 Å². The highest BCUT2D eigenvalue weighted by atomic mass is 16.5. The second-order valence-corrected chi connectivity index (χ2v) is 4.87. The summed E-state index contributed by atoms with van der Waals surface area (Å²) in [5.74, 6) is -1.35. The quantitative estimate of drug-likeness (QED) is 0.667. The number of carbonyl (C=O) groups is 2. The predicted octanol–water partition coefficient (Wildman–Crippen LogP) is 3.20. The summed E-state index contributed by atoms with van der Waals surface area (Å²) in [5, 5.41) is 8.62. The van der Waals surface area contributed by atoms with Crippen molar-refractivity contribution >= 4 is 11.8 Å². The first-order valence-electron chi connectivity index (χ1n) is 7.00. The molecular weight excluding hydrogens is 256 g/mol. The Kier molecular flexibility index (Phi) is 7.58. The number of carboxylic acid groups (broad SMARTS) is 1. The Labute approximate surface area is 119 Å². The van der Waals surface area contributed by atoms with Crippen LogP contribution in [0.25, 0.3) is 0 Å². The van der Waals surface area contributed by atoms with Crippen LogP contribution in [0.2, 0.25) is 0 Å². The SMILES string of the molecule is CCCCC(CC(=O)CC(=O)O)OCc1ccccc1. The number of ether oxygens (including phenoxy) is 1. The molecule has 0 fully saturated rings. The maximum absolute atomic E-state index is 11.6. The van der Waals surface area contributed by atoms with Crippen molar-refractivity contribution in [2.75, 3.05) is 0 Å². The molecule has 0 spiro atoms. The largest absolute Gasteiger partial charge is 0.481 e. The van der Waals surface area contributed by atoms with E-state index in [1.165, 1.54) is 0 Å². The number of benzene rings is 1. The van der Waals surface area contributed by atoms with Gasteiger partial charge in [0.2, 0.25) is 0 Å². The van der Waals surface area contributed by atoms with Gasteiger partial charge >= 0.3 is 5.97 Å². The fourth-order valence-electron chi connectivity index (χ4n) is 1.96. The number of carbonyl (C=O) groups excluding carboxylic acids is 1. The van der Waals surface area contributed by atoms with E-state index in [9.17, 15) is 9.59 Å². The molecule has 0 bridgehead atoms. The van der Waals surface area contributed by atoms with Crippen LogP contribution in [0.4, 0.5) is 0 Å². The van der Waals surface area contributed by atoms with E-state index >= 15 is 0 Å². The van der Waals surface area contributed by atoms with Gasteiger partial charge in [0.15, 0.2) is 0 Å². The minimum atomic E-state index is -1.08. The second kappa shape index (κ2) is 9.26. The Morgan fingerprint density at radius 2 is 1.95 bits per heavy atom. The van der Waals surface area contributed by atoms with E-state index in [0.29, 0.717) is 6.61 Å². The number of hydrogen-bond donors (Lipinski definition) is 1. The summed E-state index contributed by atoms with van der Waals surface area (Å²) in [5.41, 5.74) is 1.06. The molecule has 1 rings (SSSR count). The Hall–Kier alpha value is -1.68. The standard InChI is InChI=1S/C16H22O4/c1-2-3-9-15(10-14(17)11-16(18)19)20-12-13-7-5-4-6-8-13/h4-8,15H,2-3,9-12H2,1H3,(H,18,19). The molecule has 0 aliphatic rings. The molecule has 4 heteroatoms. The zero-order valence-electron chi connectivity index (χ0n) is 11.9. The average Bonchev–Trinajstić information content (AvgIpc) is 2.42. The summed E-state index contributed by atoms with van der Waals surface area (Å²) in [4.78, 5) is 22.1. The first kappa shape index (κ1) is 16.4. The Bertz CT molecular complexity index is 414. The second-order valence-electron chi connectivity index (χ2n) is 4.87. The Morgan fingerprint density at radius 3 is 2.55 bits per heavy atom. The number of Topliss-reactive ketones (excluding diaryl/α,β-unsaturated/α-hetero) is 1. The highest BCUT2D eigenvalue weighted by Gasteiger charge is 2.16. The van der Waals surface area contributed by atoms with Gasteiger partial charge in [0, 0.05) is 6.42 Å². The lowest BCUT2D eigenvalue weighted by molar-refractivity contribution is -0.140. The molecule has 1 N–H and O–H groups in total. The van der Waals surface area contributed by atoms with E-state index in [1.807, 2.05) is 30.3 Å². The van der Waals surface area contributed by atoms with E-state index in [2.05, 4.69) is 6.92 Å². The third-order valence-electron chi connectivity index (χ3n) is 3.01. The van der Waals surface area contributed by atoms with Gasteiger partial charge in [-0.05, 0) is 12.0 Å². The van der Waals surface area contributed by atoms with Gasteiger partial charge in [0.25, 0.3) is 0 Å². The molecule has 0 saturated carbocycles. The van der Waals surface area contributed by atoms with E-state index in [0.717, 1.165) is 24.8 Å². The summed E-state index contributed by atoms with van der Waals surface area (Å²) < 4.78 is 5.77. The lowest BCUT2D eigenvalue weighted by atomic mass is 10.0. The molecule has 0 aliphatic heterocycles. The summed E-state index contributed by atoms with van der Waals surface area (Å²) in [6, 6.07) is 9.75. The highest BCUT2D eigenvalue weighted by molar-refractivity contribution is 5.94. The van der Waals surface area contributed by atoms with Gasteiger partial charge in [0.05, 0.1) is 12.7 Å². The molecule has 1 atom stereocenters. The Morgan fingerprint density at radius 1 is 1.25 bits per heavy atom. The molecule has 0 aromatic heterocycles. The molecular formula is C16H22O4. The van der Waals surface area contributed by atoms with Gasteiger partial charge in [-0.25, -0.2) is 0 Å². The lowest BCUT2D eigenvalue weighted by Gasteiger charge is -2.17. The van der Waals surface area contributed by atoms with Crippen LogP contribution in [-0.4, -0.2) is 23.0 Å². The van der Waals surface area contributed by atoms with Gasteiger partial charge < -0.3 is 9.84 Å². The predicted molar refractivity (Wildman–Crippen MR) is 76.4 cm³/mol. The minimum absolute atomic E-state index is 0.180. The molecule has 0 amide bonds. The minimum Gasteiger partial charge on any atom is -0.481 e. The number of hydrogen-bond acceptors (Lipinski definition) is 3. The van der Waals surface area contributed by atoms with Crippen LogP contribution >= 0.6 is 0 Å². The number of carboxylic acids is 1. The molecule has 1 aromatic rings. The summed E-state index contributed by atoms with van der Waals surface area (Å²) in [7, 11) is 0. The van der Waals surface area contributed by atoms with Crippen LogP contribution in [-0.2, 0) is 20.9 Å². The summed E-state index contributed by atoms with van der Waals surface area (Å²) in [6.07, 6.45) is 2.35. The fourth-order valence-corrected chi connectivity index (χ4v) is 1.96. The van der Waals surface area contributed by atoms with E-state index in [-0.39, 0.29) is 18.3 Å². The van der Waals surface area contributed by atoms with Crippen LogP contribution in [0, 0.1) is 0 Å². The molecule has 0 radical (unpaired) electrons. The number of rotatable bonds is 10. The van der Waals surface area contributed by atoms with Crippen molar-refractivity contribution in [3.8, 4) is 0 Å². The van der Waals surface area contributed by atoms with Crippen LogP contribution < -0.4 is 0 Å². The third kappa shape index (κ3) is 7.04. The number of aliphatic carboxylic acids is 1. The third-order valence-corrected chi connectivity index (χ3v) is 3.01. The van der Waals surface area contributed by atoms with Crippen molar-refractivity contribution < 1.29 is 19.4 Å². The monoisotopic (exact) mass is 278 g/mol. The van der Waals surface area contributed by atoms with Crippen molar-refractivity contribution in [2.24, 2.45) is 0 Å². The molecule has 110 valence electrons. The fraction of sp³-hybridized carbons (Fsp3) is 0.500. The van der Waals surface area contributed by atoms with Gasteiger partial charge in [-0.2, -0.15) is 0 Å². The molecule has 4 nitrogen and oxygen atoms in total. The van der Waals surface area contributed by atoms with Crippen LogP contribution in [0.5, 0.6) is 0 Å². The summed E-state index contributed by atoms with van der Waals surface area (Å²) in [6.45, 7) is 2.53.